The summed E-state index contributed by atoms with van der Waals surface area (Å²) in [5.41, 5.74) is 2.12. The van der Waals surface area contributed by atoms with E-state index in [1.807, 2.05) is 25.1 Å². The maximum Gasteiger partial charge on any atom is 0.337 e. The molecule has 1 amide bonds. The van der Waals surface area contributed by atoms with Gasteiger partial charge in [-0.3, -0.25) is 4.79 Å². The Kier molecular flexibility index (Phi) is 9.20. The number of nitrogens with one attached hydrogen (secondary N) is 1. The average molecular weight is 405 g/mol. The zero-order valence-electron chi connectivity index (χ0n) is 17.4. The molecule has 0 radical (unpaired) electrons. The lowest BCUT2D eigenvalue weighted by molar-refractivity contribution is -0.111. The van der Waals surface area contributed by atoms with Crippen LogP contribution in [0.25, 0.3) is 6.08 Å². The van der Waals surface area contributed by atoms with E-state index in [1.165, 1.54) is 12.1 Å². The lowest BCUT2D eigenvalue weighted by atomic mass is 10.1. The van der Waals surface area contributed by atoms with Crippen LogP contribution in [0.2, 0.25) is 0 Å². The molecule has 30 heavy (non-hydrogen) atoms. The van der Waals surface area contributed by atoms with Crippen LogP contribution in [-0.4, -0.2) is 23.6 Å². The van der Waals surface area contributed by atoms with Gasteiger partial charge >= 0.3 is 5.97 Å². The molecule has 2 aromatic carbocycles. The van der Waals surface area contributed by atoms with Crippen LogP contribution in [0.3, 0.4) is 0 Å². The maximum absolute atomic E-state index is 12.2. The minimum absolute atomic E-state index is 0.0478. The first kappa shape index (κ1) is 22.8. The number of aromatic carboxylic acids is 1. The monoisotopic (exact) mass is 405 g/mol. The Labute approximate surface area is 177 Å². The molecular weight excluding hydrogens is 378 g/mol. The van der Waals surface area contributed by atoms with Crippen molar-refractivity contribution in [1.82, 2.24) is 0 Å². The molecule has 0 saturated heterocycles. The van der Waals surface area contributed by atoms with E-state index in [0.29, 0.717) is 13.0 Å². The van der Waals surface area contributed by atoms with Crippen LogP contribution in [0.4, 0.5) is 5.69 Å². The number of hydrogen-bond acceptors (Lipinski definition) is 3. The van der Waals surface area contributed by atoms with Gasteiger partial charge in [-0.2, -0.15) is 0 Å². The first-order valence-electron chi connectivity index (χ1n) is 10.0. The Hall–Kier alpha value is -3.52. The highest BCUT2D eigenvalue weighted by molar-refractivity contribution is 6.06. The molecule has 0 fully saturated rings. The largest absolute Gasteiger partial charge is 0.492 e. The minimum atomic E-state index is -1.09. The molecule has 0 saturated carbocycles. The minimum Gasteiger partial charge on any atom is -0.492 e. The van der Waals surface area contributed by atoms with Crippen molar-refractivity contribution in [3.8, 4) is 17.6 Å². The predicted octanol–water partition coefficient (Wildman–Crippen LogP) is 5.31. The summed E-state index contributed by atoms with van der Waals surface area (Å²) in [7, 11) is 0. The van der Waals surface area contributed by atoms with Gasteiger partial charge in [0.15, 0.2) is 0 Å². The van der Waals surface area contributed by atoms with Crippen molar-refractivity contribution >= 4 is 23.6 Å². The number of hydrogen-bond donors (Lipinski definition) is 2. The van der Waals surface area contributed by atoms with Gasteiger partial charge in [-0.25, -0.2) is 4.79 Å². The molecule has 2 aromatic rings. The summed E-state index contributed by atoms with van der Waals surface area (Å²) in [5, 5.41) is 11.8. The van der Waals surface area contributed by atoms with Crippen LogP contribution in [0.5, 0.6) is 5.75 Å². The Morgan fingerprint density at radius 3 is 2.63 bits per heavy atom. The summed E-state index contributed by atoms with van der Waals surface area (Å²) >= 11 is 0. The highest BCUT2D eigenvalue weighted by Crippen LogP contribution is 2.20. The predicted molar refractivity (Wildman–Crippen MR) is 120 cm³/mol. The molecule has 0 spiro atoms. The Morgan fingerprint density at radius 2 is 1.90 bits per heavy atom. The van der Waals surface area contributed by atoms with Gasteiger partial charge in [0.05, 0.1) is 17.9 Å². The molecule has 0 bridgehead atoms. The van der Waals surface area contributed by atoms with E-state index in [9.17, 15) is 14.7 Å². The normalized spacial score (nSPS) is 10.3. The van der Waals surface area contributed by atoms with E-state index in [0.717, 1.165) is 36.1 Å². The molecule has 0 heterocycles. The van der Waals surface area contributed by atoms with E-state index in [4.69, 9.17) is 4.74 Å². The van der Waals surface area contributed by atoms with Gasteiger partial charge in [0, 0.05) is 18.9 Å². The van der Waals surface area contributed by atoms with Crippen LogP contribution < -0.4 is 10.1 Å². The van der Waals surface area contributed by atoms with Gasteiger partial charge in [-0.05, 0) is 54.8 Å². The molecule has 0 aliphatic carbocycles. The second kappa shape index (κ2) is 12.1. The highest BCUT2D eigenvalue weighted by atomic mass is 16.5. The van der Waals surface area contributed by atoms with Crippen LogP contribution in [0.1, 0.15) is 54.1 Å². The fourth-order valence-electron chi connectivity index (χ4n) is 2.72. The molecule has 0 unspecified atom stereocenters. The summed E-state index contributed by atoms with van der Waals surface area (Å²) < 4.78 is 5.78. The fraction of sp³-hybridized carbons (Fsp3) is 0.280. The molecule has 5 nitrogen and oxygen atoms in total. The van der Waals surface area contributed by atoms with Gasteiger partial charge in [0.25, 0.3) is 0 Å². The molecule has 0 aromatic heterocycles. The van der Waals surface area contributed by atoms with Crippen LogP contribution in [-0.2, 0) is 4.79 Å². The number of carbonyl (C=O) groups excluding carboxylic acids is 1. The van der Waals surface area contributed by atoms with E-state index in [2.05, 4.69) is 24.1 Å². The van der Waals surface area contributed by atoms with Crippen LogP contribution >= 0.6 is 0 Å². The number of anilines is 1. The number of ether oxygens (including phenoxy) is 1. The number of para-hydroxylation sites is 1. The van der Waals surface area contributed by atoms with Gasteiger partial charge in [-0.15, -0.1) is 5.92 Å². The second-order valence-electron chi connectivity index (χ2n) is 6.75. The quantitative estimate of drug-likeness (QED) is 0.337. The smallest absolute Gasteiger partial charge is 0.337 e. The summed E-state index contributed by atoms with van der Waals surface area (Å²) in [6, 6.07) is 11.9. The van der Waals surface area contributed by atoms with Crippen molar-refractivity contribution in [2.24, 2.45) is 0 Å². The zero-order chi connectivity index (χ0) is 21.8. The number of carbonyl (C=O) groups is 2. The van der Waals surface area contributed by atoms with Crippen molar-refractivity contribution in [1.29, 1.82) is 0 Å². The van der Waals surface area contributed by atoms with Crippen molar-refractivity contribution in [2.45, 2.75) is 39.5 Å². The Bertz CT molecular complexity index is 967. The standard InChI is InChI=1S/C25H27NO4/c1-3-4-5-6-7-10-17-30-23-15-13-20(18-19(23)2)14-16-24(27)26-22-12-9-8-11-21(22)25(28)29/h8-9,11-16,18H,3-5,10,17H2,1-2H3,(H,26,27)(H,28,29)/b16-14+. The molecule has 2 rings (SSSR count). The third-order valence-corrected chi connectivity index (χ3v) is 4.31. The number of carboxylic acid groups (broad SMARTS) is 1. The topological polar surface area (TPSA) is 75.6 Å². The molecule has 0 atom stereocenters. The van der Waals surface area contributed by atoms with Crippen LogP contribution in [0, 0.1) is 18.8 Å². The van der Waals surface area contributed by atoms with Gasteiger partial charge in [0.1, 0.15) is 5.75 Å². The van der Waals surface area contributed by atoms with Gasteiger partial charge < -0.3 is 15.2 Å². The summed E-state index contributed by atoms with van der Waals surface area (Å²) in [4.78, 5) is 23.4. The summed E-state index contributed by atoms with van der Waals surface area (Å²) in [6.45, 7) is 4.64. The number of rotatable bonds is 9. The van der Waals surface area contributed by atoms with Gasteiger partial charge in [0.2, 0.25) is 5.91 Å². The Balaban J connectivity index is 1.90. The summed E-state index contributed by atoms with van der Waals surface area (Å²) in [5.74, 6) is 5.56. The van der Waals surface area contributed by atoms with E-state index < -0.39 is 11.9 Å². The van der Waals surface area contributed by atoms with Gasteiger partial charge in [-0.1, -0.05) is 37.5 Å². The molecule has 2 N–H and O–H groups in total. The second-order valence-corrected chi connectivity index (χ2v) is 6.75. The van der Waals surface area contributed by atoms with Crippen molar-refractivity contribution in [3.05, 3.63) is 65.2 Å². The fourth-order valence-corrected chi connectivity index (χ4v) is 2.72. The van der Waals surface area contributed by atoms with E-state index in [1.54, 1.807) is 24.3 Å². The third-order valence-electron chi connectivity index (χ3n) is 4.31. The zero-order valence-corrected chi connectivity index (χ0v) is 17.4. The number of carboxylic acids is 1. The molecule has 156 valence electrons. The molecule has 0 aliphatic heterocycles. The first-order valence-corrected chi connectivity index (χ1v) is 10.0. The average Bonchev–Trinajstić information content (AvgIpc) is 2.73. The molecular formula is C25H27NO4. The summed E-state index contributed by atoms with van der Waals surface area (Å²) in [6.07, 6.45) is 6.97. The van der Waals surface area contributed by atoms with Crippen molar-refractivity contribution in [3.63, 3.8) is 0 Å². The Morgan fingerprint density at radius 1 is 1.13 bits per heavy atom. The SMILES string of the molecule is CCCCC#CCCOc1ccc(/C=C/C(=O)Nc2ccccc2C(=O)O)cc1C. The molecule has 0 aliphatic rings. The van der Waals surface area contributed by atoms with Crippen LogP contribution in [0.15, 0.2) is 48.5 Å². The highest BCUT2D eigenvalue weighted by Gasteiger charge is 2.10. The number of aryl methyl sites for hydroxylation is 1. The van der Waals surface area contributed by atoms with E-state index in [-0.39, 0.29) is 11.3 Å². The lowest BCUT2D eigenvalue weighted by Crippen LogP contribution is -2.11. The van der Waals surface area contributed by atoms with Crippen molar-refractivity contribution < 1.29 is 19.4 Å². The lowest BCUT2D eigenvalue weighted by Gasteiger charge is -2.08. The number of unbranched alkanes of at least 4 members (excludes halogenated alkanes) is 2. The molecule has 5 heteroatoms. The van der Waals surface area contributed by atoms with E-state index >= 15 is 0 Å². The maximum atomic E-state index is 12.2. The third kappa shape index (κ3) is 7.48. The van der Waals surface area contributed by atoms with Crippen molar-refractivity contribution in [2.75, 3.05) is 11.9 Å². The number of benzene rings is 2. The first-order chi connectivity index (χ1) is 14.5. The number of amides is 1.